The van der Waals surface area contributed by atoms with E-state index in [9.17, 15) is 26.3 Å². The van der Waals surface area contributed by atoms with Gasteiger partial charge in [0.2, 0.25) is 0 Å². The predicted molar refractivity (Wildman–Crippen MR) is 369 cm³/mol. The lowest BCUT2D eigenvalue weighted by atomic mass is 10.1. The molecule has 4 atom stereocenters. The van der Waals surface area contributed by atoms with Crippen molar-refractivity contribution in [2.75, 3.05) is 142 Å². The molecule has 4 unspecified atom stereocenters. The van der Waals surface area contributed by atoms with E-state index in [1.807, 2.05) is 89.8 Å². The molecule has 0 amide bonds. The molecule has 1 aromatic heterocycles. The summed E-state index contributed by atoms with van der Waals surface area (Å²) in [6.45, 7) is 20.9. The zero-order chi connectivity index (χ0) is 71.6. The fraction of sp³-hybridized carbons (Fsp3) is 0.972. The van der Waals surface area contributed by atoms with Gasteiger partial charge in [-0.15, -0.1) is 5.10 Å². The number of alkyl halides is 6. The van der Waals surface area contributed by atoms with Gasteiger partial charge in [0.1, 0.15) is 54.5 Å². The average molecular weight is 1470 g/mol. The van der Waals surface area contributed by atoms with E-state index < -0.39 is 66.7 Å². The first kappa shape index (κ1) is 88.4. The smallest absolute Gasteiger partial charge is 0.379 e. The fourth-order valence-electron chi connectivity index (χ4n) is 11.6. The molecule has 1 aromatic rings. The second kappa shape index (κ2) is 49.6. The third-order valence-corrected chi connectivity index (χ3v) is 19.2. The van der Waals surface area contributed by atoms with Crippen LogP contribution in [0.1, 0.15) is 221 Å². The summed E-state index contributed by atoms with van der Waals surface area (Å²) in [4.78, 5) is 0. The van der Waals surface area contributed by atoms with Gasteiger partial charge in [0.05, 0.1) is 119 Å². The monoisotopic (exact) mass is 1470 g/mol. The zero-order valence-corrected chi connectivity index (χ0v) is 62.9. The molecule has 5 heterocycles. The van der Waals surface area contributed by atoms with Crippen molar-refractivity contribution in [3.63, 3.8) is 0 Å². The Labute approximate surface area is 597 Å². The Morgan fingerprint density at radius 3 is 1.02 bits per heavy atom. The molecule has 0 aromatic carbocycles. The van der Waals surface area contributed by atoms with E-state index >= 15 is 0 Å². The molecule has 4 aliphatic rings. The van der Waals surface area contributed by atoms with Crippen LogP contribution in [-0.4, -0.2) is 235 Å². The highest BCUT2D eigenvalue weighted by Gasteiger charge is 2.37. The maximum absolute atomic E-state index is 12.4. The first-order valence-corrected chi connectivity index (χ1v) is 39.4. The Morgan fingerprint density at radius 2 is 0.707 bits per heavy atom. The molecular weight excluding hydrogens is 1340 g/mol. The minimum absolute atomic E-state index is 0.0823. The van der Waals surface area contributed by atoms with Gasteiger partial charge in [-0.1, -0.05) is 95.1 Å². The Hall–Kier alpha value is -1.26. The van der Waals surface area contributed by atoms with Crippen LogP contribution >= 0.6 is 23.5 Å². The van der Waals surface area contributed by atoms with Crippen molar-refractivity contribution < 1.29 is 107 Å². The molecule has 5 rings (SSSR count). The minimum Gasteiger partial charge on any atom is -0.379 e. The number of ether oxygens (including phenoxy) is 17. The van der Waals surface area contributed by atoms with Crippen LogP contribution < -0.4 is 0 Å². The maximum atomic E-state index is 12.4. The molecule has 4 fully saturated rings. The highest BCUT2D eigenvalue weighted by molar-refractivity contribution is 7.99. The lowest BCUT2D eigenvalue weighted by molar-refractivity contribution is -0.160. The van der Waals surface area contributed by atoms with E-state index in [-0.39, 0.29) is 89.5 Å². The number of aromatic nitrogens is 3. The third-order valence-electron chi connectivity index (χ3n) is 16.9. The number of nitrogens with zero attached hydrogens (tertiary/aromatic N) is 3. The molecule has 0 N–H and O–H groups in total. The van der Waals surface area contributed by atoms with Crippen LogP contribution in [0.3, 0.4) is 0 Å². The van der Waals surface area contributed by atoms with E-state index in [1.54, 1.807) is 0 Å². The van der Waals surface area contributed by atoms with Crippen LogP contribution in [0, 0.1) is 0 Å². The number of rotatable bonds is 62. The van der Waals surface area contributed by atoms with Crippen molar-refractivity contribution >= 4 is 23.5 Å². The summed E-state index contributed by atoms with van der Waals surface area (Å²) in [5.41, 5.74) is 0.593. The molecule has 582 valence electrons. The van der Waals surface area contributed by atoms with Crippen molar-refractivity contribution in [2.24, 2.45) is 0 Å². The van der Waals surface area contributed by atoms with Gasteiger partial charge in [-0.2, -0.15) is 49.9 Å². The Kier molecular flexibility index (Phi) is 44.3. The normalized spacial score (nSPS) is 21.6. The number of unbranched alkanes of at least 4 members (excludes halogenated alkanes) is 18. The topological polar surface area (TPSA) is 188 Å². The first-order valence-electron chi connectivity index (χ1n) is 37.1. The largest absolute Gasteiger partial charge is 0.389 e. The van der Waals surface area contributed by atoms with E-state index in [0.717, 1.165) is 139 Å². The van der Waals surface area contributed by atoms with Crippen LogP contribution in [0.15, 0.2) is 6.20 Å². The molecule has 28 heteroatoms. The van der Waals surface area contributed by atoms with Crippen LogP contribution in [0.5, 0.6) is 0 Å². The van der Waals surface area contributed by atoms with Crippen molar-refractivity contribution in [1.29, 1.82) is 0 Å². The number of halogens is 6. The summed E-state index contributed by atoms with van der Waals surface area (Å²) in [6, 6.07) is -0.245. The SMILES string of the molecule is CC1(C)OCC(COCC(COCC2COC(C)(C)O2)OCC(COC(COCC2COC(C)(C)O2)COCC2COC(C)(C)O2)OCc2cn(C(COCCCCCCSCCCCCCCCCC(F)(F)F)COCCCCCCSCCCCCCCCCC(F)(F)F)nn2)O1. The molecular formula is C71H127F6N3O17S2. The maximum Gasteiger partial charge on any atom is 0.389 e. The van der Waals surface area contributed by atoms with Crippen LogP contribution in [-0.2, 0) is 87.1 Å². The zero-order valence-electron chi connectivity index (χ0n) is 61.3. The summed E-state index contributed by atoms with van der Waals surface area (Å²) in [6.07, 6.45) is 10.6. The van der Waals surface area contributed by atoms with E-state index in [4.69, 9.17) is 80.5 Å². The van der Waals surface area contributed by atoms with Gasteiger partial charge in [0.15, 0.2) is 23.1 Å². The summed E-state index contributed by atoms with van der Waals surface area (Å²) >= 11 is 3.97. The highest BCUT2D eigenvalue weighted by atomic mass is 32.2. The molecule has 0 radical (unpaired) electrons. The predicted octanol–water partition coefficient (Wildman–Crippen LogP) is 15.1. The van der Waals surface area contributed by atoms with Crippen molar-refractivity contribution in [2.45, 2.75) is 300 Å². The van der Waals surface area contributed by atoms with Crippen molar-refractivity contribution in [3.05, 3.63) is 11.9 Å². The highest BCUT2D eigenvalue weighted by Crippen LogP contribution is 2.29. The second-order valence-electron chi connectivity index (χ2n) is 28.5. The Morgan fingerprint density at radius 1 is 0.404 bits per heavy atom. The molecule has 4 aliphatic heterocycles. The molecule has 4 saturated heterocycles. The van der Waals surface area contributed by atoms with E-state index in [2.05, 4.69) is 10.3 Å². The van der Waals surface area contributed by atoms with Gasteiger partial charge >= 0.3 is 12.4 Å². The van der Waals surface area contributed by atoms with Gasteiger partial charge in [-0.05, 0) is 130 Å². The number of thioether (sulfide) groups is 2. The summed E-state index contributed by atoms with van der Waals surface area (Å²) in [7, 11) is 0. The average Bonchev–Trinajstić information content (AvgIpc) is 1.79. The van der Waals surface area contributed by atoms with Crippen LogP contribution in [0.4, 0.5) is 26.3 Å². The van der Waals surface area contributed by atoms with Crippen molar-refractivity contribution in [3.8, 4) is 0 Å². The number of hydrogen-bond acceptors (Lipinski definition) is 21. The van der Waals surface area contributed by atoms with Crippen molar-refractivity contribution in [1.82, 2.24) is 15.0 Å². The molecule has 20 nitrogen and oxygen atoms in total. The third kappa shape index (κ3) is 45.1. The minimum atomic E-state index is -4.05. The first-order chi connectivity index (χ1) is 47.3. The van der Waals surface area contributed by atoms with Gasteiger partial charge < -0.3 is 80.5 Å². The van der Waals surface area contributed by atoms with Gasteiger partial charge in [-0.25, -0.2) is 4.68 Å². The summed E-state index contributed by atoms with van der Waals surface area (Å²) in [5, 5.41) is 9.18. The van der Waals surface area contributed by atoms with Crippen LogP contribution in [0.25, 0.3) is 0 Å². The van der Waals surface area contributed by atoms with Crippen LogP contribution in [0.2, 0.25) is 0 Å². The quantitative estimate of drug-likeness (QED) is 0.0442. The van der Waals surface area contributed by atoms with Gasteiger partial charge in [0, 0.05) is 26.1 Å². The fourth-order valence-corrected chi connectivity index (χ4v) is 13.6. The summed E-state index contributed by atoms with van der Waals surface area (Å²) < 4.78 is 181. The Balaban J connectivity index is 1.15. The lowest BCUT2D eigenvalue weighted by Crippen LogP contribution is -2.37. The Bertz CT molecular complexity index is 1980. The molecule has 0 spiro atoms. The molecule has 0 aliphatic carbocycles. The van der Waals surface area contributed by atoms with Gasteiger partial charge in [-0.3, -0.25) is 0 Å². The molecule has 0 bridgehead atoms. The number of hydrogen-bond donors (Lipinski definition) is 0. The molecule has 0 saturated carbocycles. The van der Waals surface area contributed by atoms with E-state index in [0.29, 0.717) is 97.8 Å². The standard InChI is InChI=1S/C71H127F6N3O17S2/c1-66(2)90-53-62(94-66)47-83-43-59(44-84-48-63-54-91-67(3,4)95-63)88-51-61(52-89-60(45-85-49-64-55-92-68(5,6)96-64)46-86-50-65-56-93-69(7,8)97-65)87-40-57-39-80(79-78-57)58(41-81-33-25-17-21-29-37-98-35-27-19-13-9-11-15-23-31-70(72,73)74)42-82-34-26-18-22-30-38-99-36-28-20-14-10-12-16-24-32-71(75,76)77/h39,58-65H,9-38,40-56H2,1-8H3. The van der Waals surface area contributed by atoms with E-state index in [1.165, 1.54) is 0 Å². The molecule has 99 heavy (non-hydrogen) atoms. The van der Waals surface area contributed by atoms with Gasteiger partial charge in [0.25, 0.3) is 0 Å². The summed E-state index contributed by atoms with van der Waals surface area (Å²) in [5.74, 6) is 1.67. The lowest BCUT2D eigenvalue weighted by Gasteiger charge is -2.26. The second-order valence-corrected chi connectivity index (χ2v) is 31.0.